The molecule has 6 nitrogen and oxygen atoms in total. The summed E-state index contributed by atoms with van der Waals surface area (Å²) in [7, 11) is 0. The number of nitrogens with one attached hydrogen (secondary N) is 2. The van der Waals surface area contributed by atoms with Crippen molar-refractivity contribution in [2.24, 2.45) is 0 Å². The number of aryl methyl sites for hydroxylation is 3. The number of thiophene rings is 1. The molecule has 4 aromatic rings. The van der Waals surface area contributed by atoms with Gasteiger partial charge in [0.15, 0.2) is 0 Å². The molecule has 2 heterocycles. The molecule has 0 atom stereocenters. The SMILES string of the molecule is Cc1ccc(-c2c(C)sc3ncnc(NCCC(=O)Nc4ccc(C)cc4O)c23)cc1. The number of carbonyl (C=O) groups is 1. The number of rotatable bonds is 6. The number of phenols is 1. The summed E-state index contributed by atoms with van der Waals surface area (Å²) in [6.45, 7) is 6.45. The minimum absolute atomic E-state index is 0.0651. The smallest absolute Gasteiger partial charge is 0.226 e. The van der Waals surface area contributed by atoms with E-state index in [2.05, 4.69) is 58.7 Å². The summed E-state index contributed by atoms with van der Waals surface area (Å²) in [6.07, 6.45) is 1.78. The van der Waals surface area contributed by atoms with Crippen molar-refractivity contribution in [1.82, 2.24) is 9.97 Å². The van der Waals surface area contributed by atoms with E-state index in [-0.39, 0.29) is 18.1 Å². The number of fused-ring (bicyclic) bond motifs is 1. The number of carbonyl (C=O) groups excluding carboxylic acids is 1. The first-order valence-corrected chi connectivity index (χ1v) is 10.9. The number of nitrogens with zero attached hydrogens (tertiary/aromatic N) is 2. The van der Waals surface area contributed by atoms with Crippen LogP contribution in [0.25, 0.3) is 21.3 Å². The van der Waals surface area contributed by atoms with Crippen LogP contribution in [0.3, 0.4) is 0 Å². The molecule has 0 fully saturated rings. The van der Waals surface area contributed by atoms with Crippen molar-refractivity contribution >= 4 is 39.0 Å². The molecule has 0 bridgehead atoms. The monoisotopic (exact) mass is 432 g/mol. The van der Waals surface area contributed by atoms with Gasteiger partial charge in [0.1, 0.15) is 22.7 Å². The van der Waals surface area contributed by atoms with Crippen LogP contribution in [0.5, 0.6) is 5.75 Å². The third kappa shape index (κ3) is 4.51. The third-order valence-electron chi connectivity index (χ3n) is 5.08. The Hall–Kier alpha value is -3.45. The molecule has 0 radical (unpaired) electrons. The van der Waals surface area contributed by atoms with Crippen molar-refractivity contribution in [2.45, 2.75) is 27.2 Å². The van der Waals surface area contributed by atoms with E-state index in [9.17, 15) is 9.90 Å². The average Bonchev–Trinajstić information content (AvgIpc) is 3.07. The van der Waals surface area contributed by atoms with Crippen molar-refractivity contribution in [3.05, 3.63) is 64.8 Å². The van der Waals surface area contributed by atoms with Gasteiger partial charge in [-0.05, 0) is 44.0 Å². The number of aromatic hydroxyl groups is 1. The molecule has 3 N–H and O–H groups in total. The van der Waals surface area contributed by atoms with Crippen LogP contribution in [0.2, 0.25) is 0 Å². The number of aromatic nitrogens is 2. The quantitative estimate of drug-likeness (QED) is 0.354. The highest BCUT2D eigenvalue weighted by Gasteiger charge is 2.17. The Morgan fingerprint density at radius 1 is 1.03 bits per heavy atom. The van der Waals surface area contributed by atoms with Crippen LogP contribution in [-0.4, -0.2) is 27.5 Å². The van der Waals surface area contributed by atoms with Gasteiger partial charge in [-0.25, -0.2) is 9.97 Å². The Balaban J connectivity index is 1.51. The fourth-order valence-corrected chi connectivity index (χ4v) is 4.51. The van der Waals surface area contributed by atoms with E-state index in [0.717, 1.165) is 32.7 Å². The third-order valence-corrected chi connectivity index (χ3v) is 6.09. The van der Waals surface area contributed by atoms with E-state index in [1.54, 1.807) is 29.8 Å². The Labute approximate surface area is 185 Å². The van der Waals surface area contributed by atoms with Crippen molar-refractivity contribution in [3.8, 4) is 16.9 Å². The lowest BCUT2D eigenvalue weighted by Gasteiger charge is -2.10. The summed E-state index contributed by atoms with van der Waals surface area (Å²) in [5.41, 5.74) is 4.80. The molecule has 4 rings (SSSR count). The van der Waals surface area contributed by atoms with Crippen molar-refractivity contribution in [2.75, 3.05) is 17.2 Å². The lowest BCUT2D eigenvalue weighted by molar-refractivity contribution is -0.116. The van der Waals surface area contributed by atoms with E-state index in [1.165, 1.54) is 10.4 Å². The molecule has 0 aliphatic rings. The predicted molar refractivity (Wildman–Crippen MR) is 127 cm³/mol. The molecule has 0 aliphatic carbocycles. The van der Waals surface area contributed by atoms with Crippen LogP contribution in [0.1, 0.15) is 22.4 Å². The maximum Gasteiger partial charge on any atom is 0.226 e. The van der Waals surface area contributed by atoms with Gasteiger partial charge in [-0.3, -0.25) is 4.79 Å². The first kappa shape index (κ1) is 20.8. The van der Waals surface area contributed by atoms with E-state index >= 15 is 0 Å². The summed E-state index contributed by atoms with van der Waals surface area (Å²) in [5, 5.41) is 17.0. The average molecular weight is 433 g/mol. The second-order valence-electron chi connectivity index (χ2n) is 7.55. The van der Waals surface area contributed by atoms with Crippen molar-refractivity contribution in [1.29, 1.82) is 0 Å². The normalized spacial score (nSPS) is 10.9. The van der Waals surface area contributed by atoms with Crippen LogP contribution >= 0.6 is 11.3 Å². The molecule has 0 saturated heterocycles. The summed E-state index contributed by atoms with van der Waals surface area (Å²) < 4.78 is 0. The second-order valence-corrected chi connectivity index (χ2v) is 8.75. The van der Waals surface area contributed by atoms with Gasteiger partial charge in [0.2, 0.25) is 5.91 Å². The number of amides is 1. The lowest BCUT2D eigenvalue weighted by atomic mass is 10.0. The van der Waals surface area contributed by atoms with E-state index < -0.39 is 0 Å². The molecule has 0 saturated carbocycles. The maximum absolute atomic E-state index is 12.3. The fraction of sp³-hybridized carbons (Fsp3) is 0.208. The molecule has 0 unspecified atom stereocenters. The summed E-state index contributed by atoms with van der Waals surface area (Å²) in [4.78, 5) is 23.3. The van der Waals surface area contributed by atoms with E-state index in [4.69, 9.17) is 0 Å². The van der Waals surface area contributed by atoms with Gasteiger partial charge in [-0.15, -0.1) is 11.3 Å². The molecule has 0 spiro atoms. The predicted octanol–water partition coefficient (Wildman–Crippen LogP) is 5.43. The van der Waals surface area contributed by atoms with Gasteiger partial charge in [-0.1, -0.05) is 35.9 Å². The van der Waals surface area contributed by atoms with Gasteiger partial charge in [0.25, 0.3) is 0 Å². The zero-order valence-electron chi connectivity index (χ0n) is 17.7. The zero-order chi connectivity index (χ0) is 22.0. The highest BCUT2D eigenvalue weighted by Crippen LogP contribution is 2.40. The number of hydrogen-bond acceptors (Lipinski definition) is 6. The Bertz CT molecular complexity index is 1250. The molecule has 158 valence electrons. The molecule has 2 aromatic carbocycles. The molecular formula is C24H24N4O2S. The Morgan fingerprint density at radius 3 is 2.52 bits per heavy atom. The molecular weight excluding hydrogens is 408 g/mol. The number of anilines is 2. The number of hydrogen-bond donors (Lipinski definition) is 3. The highest BCUT2D eigenvalue weighted by molar-refractivity contribution is 7.19. The van der Waals surface area contributed by atoms with Gasteiger partial charge >= 0.3 is 0 Å². The molecule has 0 aliphatic heterocycles. The van der Waals surface area contributed by atoms with Gasteiger partial charge in [0.05, 0.1) is 11.1 Å². The van der Waals surface area contributed by atoms with E-state index in [0.29, 0.717) is 12.2 Å². The lowest BCUT2D eigenvalue weighted by Crippen LogP contribution is -2.16. The van der Waals surface area contributed by atoms with Crippen molar-refractivity contribution in [3.63, 3.8) is 0 Å². The Kier molecular flexibility index (Phi) is 5.86. The topological polar surface area (TPSA) is 87.1 Å². The second kappa shape index (κ2) is 8.73. The Morgan fingerprint density at radius 2 is 1.77 bits per heavy atom. The maximum atomic E-state index is 12.3. The van der Waals surface area contributed by atoms with Gasteiger partial charge < -0.3 is 15.7 Å². The molecule has 31 heavy (non-hydrogen) atoms. The summed E-state index contributed by atoms with van der Waals surface area (Å²) in [5.74, 6) is 0.600. The number of phenolic OH excluding ortho intramolecular Hbond substituents is 1. The molecule has 2 aromatic heterocycles. The molecule has 7 heteroatoms. The molecule has 1 amide bonds. The highest BCUT2D eigenvalue weighted by atomic mass is 32.1. The van der Waals surface area contributed by atoms with Crippen LogP contribution in [-0.2, 0) is 4.79 Å². The summed E-state index contributed by atoms with van der Waals surface area (Å²) in [6, 6.07) is 13.6. The largest absolute Gasteiger partial charge is 0.506 e. The van der Waals surface area contributed by atoms with Crippen LogP contribution in [0.15, 0.2) is 48.8 Å². The van der Waals surface area contributed by atoms with Crippen LogP contribution in [0, 0.1) is 20.8 Å². The standard InChI is InChI=1S/C24H24N4O2S/c1-14-4-7-17(8-5-14)21-16(3)31-24-22(21)23(26-13-27-24)25-11-10-20(30)28-18-9-6-15(2)12-19(18)29/h4-9,12-13,29H,10-11H2,1-3H3,(H,28,30)(H,25,26,27). The van der Waals surface area contributed by atoms with Crippen LogP contribution in [0.4, 0.5) is 11.5 Å². The van der Waals surface area contributed by atoms with E-state index in [1.807, 2.05) is 13.0 Å². The minimum Gasteiger partial charge on any atom is -0.506 e. The minimum atomic E-state index is -0.183. The van der Waals surface area contributed by atoms with Gasteiger partial charge in [0, 0.05) is 23.4 Å². The summed E-state index contributed by atoms with van der Waals surface area (Å²) >= 11 is 1.64. The van der Waals surface area contributed by atoms with Gasteiger partial charge in [-0.2, -0.15) is 0 Å². The first-order chi connectivity index (χ1) is 14.9. The number of benzene rings is 2. The zero-order valence-corrected chi connectivity index (χ0v) is 18.5. The van der Waals surface area contributed by atoms with Crippen molar-refractivity contribution < 1.29 is 9.90 Å². The first-order valence-electron chi connectivity index (χ1n) is 10.1. The fourth-order valence-electron chi connectivity index (χ4n) is 3.50. The van der Waals surface area contributed by atoms with Crippen LogP contribution < -0.4 is 10.6 Å².